The molecule has 0 aromatic heterocycles. The van der Waals surface area contributed by atoms with Crippen molar-refractivity contribution in [3.05, 3.63) is 29.3 Å². The number of benzene rings is 1. The number of thiocarbonyl (C=S) groups is 1. The summed E-state index contributed by atoms with van der Waals surface area (Å²) in [6, 6.07) is 6.82. The van der Waals surface area contributed by atoms with E-state index in [2.05, 4.69) is 59.7 Å². The minimum Gasteiger partial charge on any atom is -0.111 e. The van der Waals surface area contributed by atoms with Gasteiger partial charge in [0, 0.05) is 4.90 Å². The summed E-state index contributed by atoms with van der Waals surface area (Å²) < 4.78 is 0.981. The molecule has 0 atom stereocenters. The molecule has 0 saturated carbocycles. The third-order valence-electron chi connectivity index (χ3n) is 3.01. The fourth-order valence-corrected chi connectivity index (χ4v) is 3.47. The van der Waals surface area contributed by atoms with Crippen molar-refractivity contribution >= 4 is 39.3 Å². The molecule has 0 N–H and O–H groups in total. The lowest BCUT2D eigenvalue weighted by molar-refractivity contribution is 0.560. The summed E-state index contributed by atoms with van der Waals surface area (Å²) in [6.45, 7) is 13.6. The van der Waals surface area contributed by atoms with E-state index in [-0.39, 0.29) is 10.8 Å². The second kappa shape index (κ2) is 6.19. The average molecular weight is 313 g/mol. The molecule has 0 radical (unpaired) electrons. The minimum atomic E-state index is 0.137. The third-order valence-corrected chi connectivity index (χ3v) is 5.59. The monoisotopic (exact) mass is 312 g/mol. The van der Waals surface area contributed by atoms with E-state index in [4.69, 9.17) is 12.2 Å². The van der Waals surface area contributed by atoms with E-state index in [1.807, 2.05) is 6.26 Å². The fraction of sp³-hybridized carbons (Fsp3) is 0.562. The first kappa shape index (κ1) is 17.1. The Balaban J connectivity index is 3.29. The van der Waals surface area contributed by atoms with Crippen molar-refractivity contribution in [1.29, 1.82) is 0 Å². The van der Waals surface area contributed by atoms with Crippen LogP contribution in [0, 0.1) is 0 Å². The van der Waals surface area contributed by atoms with E-state index in [0.29, 0.717) is 0 Å². The van der Waals surface area contributed by atoms with Gasteiger partial charge in [-0.25, -0.2) is 0 Å². The highest BCUT2D eigenvalue weighted by atomic mass is 32.2. The van der Waals surface area contributed by atoms with Crippen LogP contribution in [0.25, 0.3) is 0 Å². The number of hydrogen-bond donors (Lipinski definition) is 0. The predicted molar refractivity (Wildman–Crippen MR) is 95.8 cm³/mol. The molecule has 0 aliphatic carbocycles. The summed E-state index contributed by atoms with van der Waals surface area (Å²) in [7, 11) is 0. The molecule has 0 unspecified atom stereocenters. The van der Waals surface area contributed by atoms with Gasteiger partial charge in [0.05, 0.1) is 0 Å². The van der Waals surface area contributed by atoms with Gasteiger partial charge in [-0.1, -0.05) is 77.7 Å². The Bertz CT molecular complexity index is 462. The van der Waals surface area contributed by atoms with Crippen molar-refractivity contribution < 1.29 is 0 Å². The summed E-state index contributed by atoms with van der Waals surface area (Å²) in [5.41, 5.74) is 3.10. The largest absolute Gasteiger partial charge is 0.111 e. The maximum atomic E-state index is 5.35. The van der Waals surface area contributed by atoms with Gasteiger partial charge in [0.2, 0.25) is 0 Å². The topological polar surface area (TPSA) is 0 Å². The van der Waals surface area contributed by atoms with Crippen LogP contribution in [0.2, 0.25) is 0 Å². The van der Waals surface area contributed by atoms with Crippen LogP contribution in [0.15, 0.2) is 23.1 Å². The molecular weight excluding hydrogens is 288 g/mol. The standard InChI is InChI=1S/C16H24S3/c1-15(2,3)11-8-9-13(19-14(17)18-7)12(10-11)16(4,5)6/h8-10H,1-7H3. The predicted octanol–water partition coefficient (Wildman–Crippen LogP) is 6.02. The van der Waals surface area contributed by atoms with Crippen LogP contribution in [-0.4, -0.2) is 9.78 Å². The molecule has 1 aromatic rings. The number of hydrogen-bond acceptors (Lipinski definition) is 3. The molecule has 1 rings (SSSR count). The van der Waals surface area contributed by atoms with Gasteiger partial charge in [0.1, 0.15) is 3.53 Å². The Hall–Kier alpha value is 0.01000. The number of thioether (sulfide) groups is 2. The van der Waals surface area contributed by atoms with Gasteiger partial charge in [-0.2, -0.15) is 0 Å². The van der Waals surface area contributed by atoms with Gasteiger partial charge in [-0.15, -0.1) is 11.8 Å². The highest BCUT2D eigenvalue weighted by molar-refractivity contribution is 8.47. The second-order valence-corrected chi connectivity index (χ2v) is 9.82. The van der Waals surface area contributed by atoms with Gasteiger partial charge < -0.3 is 0 Å². The van der Waals surface area contributed by atoms with Crippen LogP contribution >= 0.6 is 35.7 Å². The fourth-order valence-electron chi connectivity index (χ4n) is 1.80. The van der Waals surface area contributed by atoms with Gasteiger partial charge in [-0.3, -0.25) is 0 Å². The van der Waals surface area contributed by atoms with Crippen molar-refractivity contribution in [3.8, 4) is 0 Å². The molecule has 19 heavy (non-hydrogen) atoms. The normalized spacial score (nSPS) is 12.6. The molecule has 0 amide bonds. The molecule has 3 heteroatoms. The second-order valence-electron chi connectivity index (χ2n) is 6.77. The van der Waals surface area contributed by atoms with E-state index in [9.17, 15) is 0 Å². The van der Waals surface area contributed by atoms with Crippen molar-refractivity contribution in [1.82, 2.24) is 0 Å². The first-order chi connectivity index (χ1) is 8.55. The van der Waals surface area contributed by atoms with E-state index in [0.717, 1.165) is 3.53 Å². The molecule has 0 heterocycles. The average Bonchev–Trinajstić information content (AvgIpc) is 2.26. The summed E-state index contributed by atoms with van der Waals surface area (Å²) in [4.78, 5) is 1.29. The van der Waals surface area contributed by atoms with Crippen molar-refractivity contribution in [2.75, 3.05) is 6.26 Å². The van der Waals surface area contributed by atoms with Gasteiger partial charge in [-0.05, 0) is 34.3 Å². The highest BCUT2D eigenvalue weighted by Gasteiger charge is 2.22. The van der Waals surface area contributed by atoms with Crippen LogP contribution in [0.5, 0.6) is 0 Å². The Morgan fingerprint density at radius 1 is 1.00 bits per heavy atom. The van der Waals surface area contributed by atoms with Crippen LogP contribution < -0.4 is 0 Å². The molecule has 0 aliphatic heterocycles. The quantitative estimate of drug-likeness (QED) is 0.459. The van der Waals surface area contributed by atoms with Crippen LogP contribution in [-0.2, 0) is 10.8 Å². The van der Waals surface area contributed by atoms with E-state index in [1.165, 1.54) is 16.0 Å². The Morgan fingerprint density at radius 3 is 2.00 bits per heavy atom. The van der Waals surface area contributed by atoms with Gasteiger partial charge in [0.15, 0.2) is 0 Å². The van der Waals surface area contributed by atoms with Crippen molar-refractivity contribution in [3.63, 3.8) is 0 Å². The SMILES string of the molecule is CSC(=S)Sc1ccc(C(C)(C)C)cc1C(C)(C)C. The highest BCUT2D eigenvalue weighted by Crippen LogP contribution is 2.37. The Kier molecular flexibility index (Phi) is 5.56. The lowest BCUT2D eigenvalue weighted by atomic mass is 9.81. The zero-order valence-corrected chi connectivity index (χ0v) is 15.4. The van der Waals surface area contributed by atoms with Crippen LogP contribution in [0.1, 0.15) is 52.7 Å². The smallest absolute Gasteiger partial charge is 0.108 e. The third kappa shape index (κ3) is 4.80. The van der Waals surface area contributed by atoms with Crippen molar-refractivity contribution in [2.24, 2.45) is 0 Å². The minimum absolute atomic E-state index is 0.137. The molecule has 0 bridgehead atoms. The molecule has 1 aromatic carbocycles. The van der Waals surface area contributed by atoms with Crippen molar-refractivity contribution in [2.45, 2.75) is 57.3 Å². The van der Waals surface area contributed by atoms with Crippen LogP contribution in [0.4, 0.5) is 0 Å². The summed E-state index contributed by atoms with van der Waals surface area (Å²) in [5.74, 6) is 0. The molecule has 0 aliphatic rings. The van der Waals surface area contributed by atoms with E-state index >= 15 is 0 Å². The lowest BCUT2D eigenvalue weighted by Crippen LogP contribution is -2.17. The zero-order valence-electron chi connectivity index (χ0n) is 13.0. The van der Waals surface area contributed by atoms with Crippen LogP contribution in [0.3, 0.4) is 0 Å². The molecule has 0 fully saturated rings. The first-order valence-electron chi connectivity index (χ1n) is 6.46. The molecule has 0 saturated heterocycles. The van der Waals surface area contributed by atoms with E-state index < -0.39 is 0 Å². The molecule has 106 valence electrons. The maximum absolute atomic E-state index is 5.35. The summed E-state index contributed by atoms with van der Waals surface area (Å²) in [6.07, 6.45) is 2.04. The lowest BCUT2D eigenvalue weighted by Gasteiger charge is -2.27. The Labute approximate surface area is 132 Å². The number of rotatable bonds is 1. The van der Waals surface area contributed by atoms with Gasteiger partial charge in [0.25, 0.3) is 0 Å². The van der Waals surface area contributed by atoms with Gasteiger partial charge >= 0.3 is 0 Å². The summed E-state index contributed by atoms with van der Waals surface area (Å²) >= 11 is 8.71. The zero-order chi connectivity index (χ0) is 14.8. The molecule has 0 spiro atoms. The van der Waals surface area contributed by atoms with E-state index in [1.54, 1.807) is 23.5 Å². The Morgan fingerprint density at radius 2 is 1.58 bits per heavy atom. The first-order valence-corrected chi connectivity index (χ1v) is 8.91. The maximum Gasteiger partial charge on any atom is 0.108 e. The molecular formula is C16H24S3. The summed E-state index contributed by atoms with van der Waals surface area (Å²) in [5, 5.41) is 0. The molecule has 0 nitrogen and oxygen atoms in total.